The van der Waals surface area contributed by atoms with Crippen molar-refractivity contribution in [2.24, 2.45) is 5.92 Å². The molecule has 1 aromatic heterocycles. The van der Waals surface area contributed by atoms with Crippen molar-refractivity contribution in [1.29, 1.82) is 0 Å². The van der Waals surface area contributed by atoms with Gasteiger partial charge in [0.2, 0.25) is 11.7 Å². The highest BCUT2D eigenvalue weighted by molar-refractivity contribution is 6.32. The second-order valence-corrected chi connectivity index (χ2v) is 7.14. The zero-order valence-electron chi connectivity index (χ0n) is 16.6. The van der Waals surface area contributed by atoms with Crippen molar-refractivity contribution >= 4 is 17.5 Å². The number of hydrogen-bond acceptors (Lipinski definition) is 6. The molecule has 1 N–H and O–H groups in total. The first-order valence-corrected chi connectivity index (χ1v) is 9.43. The first kappa shape index (κ1) is 20.7. The lowest BCUT2D eigenvalue weighted by Crippen LogP contribution is -2.32. The SMILES string of the molecule is COc1ccc(-c2noc(C(NC(=O)c3ccc(OC)c(Cl)c3)C(C)C)n2)cc1. The van der Waals surface area contributed by atoms with E-state index in [0.717, 1.165) is 11.3 Å². The van der Waals surface area contributed by atoms with Crippen LogP contribution in [0.2, 0.25) is 5.02 Å². The molecule has 0 aliphatic rings. The van der Waals surface area contributed by atoms with Crippen LogP contribution in [0.1, 0.15) is 36.1 Å². The van der Waals surface area contributed by atoms with Crippen LogP contribution in [-0.2, 0) is 0 Å². The molecule has 152 valence electrons. The van der Waals surface area contributed by atoms with E-state index in [1.54, 1.807) is 25.3 Å². The molecule has 3 aromatic rings. The van der Waals surface area contributed by atoms with Crippen molar-refractivity contribution in [2.45, 2.75) is 19.9 Å². The number of rotatable bonds is 7. The van der Waals surface area contributed by atoms with Gasteiger partial charge in [0, 0.05) is 11.1 Å². The molecule has 0 aliphatic carbocycles. The number of nitrogens with one attached hydrogen (secondary N) is 1. The Hall–Kier alpha value is -3.06. The highest BCUT2D eigenvalue weighted by Gasteiger charge is 2.25. The van der Waals surface area contributed by atoms with Crippen LogP contribution >= 0.6 is 11.6 Å². The molecule has 0 saturated carbocycles. The maximum Gasteiger partial charge on any atom is 0.251 e. The molecule has 1 amide bonds. The first-order valence-electron chi connectivity index (χ1n) is 9.05. The van der Waals surface area contributed by atoms with E-state index in [9.17, 15) is 4.79 Å². The number of methoxy groups -OCH3 is 2. The van der Waals surface area contributed by atoms with E-state index in [2.05, 4.69) is 15.5 Å². The van der Waals surface area contributed by atoms with Gasteiger partial charge in [-0.1, -0.05) is 30.6 Å². The monoisotopic (exact) mass is 415 g/mol. The summed E-state index contributed by atoms with van der Waals surface area (Å²) >= 11 is 6.13. The van der Waals surface area contributed by atoms with E-state index in [1.165, 1.54) is 7.11 Å². The fraction of sp³-hybridized carbons (Fsp3) is 0.286. The Morgan fingerprint density at radius 2 is 1.83 bits per heavy atom. The summed E-state index contributed by atoms with van der Waals surface area (Å²) in [6.45, 7) is 3.92. The summed E-state index contributed by atoms with van der Waals surface area (Å²) in [7, 11) is 3.12. The molecule has 3 rings (SSSR count). The standard InChI is InChI=1S/C21H22ClN3O4/c1-12(2)18(23-20(26)14-7-10-17(28-4)16(22)11-14)21-24-19(25-29-21)13-5-8-15(27-3)9-6-13/h5-12,18H,1-4H3,(H,23,26). The Bertz CT molecular complexity index is 986. The summed E-state index contributed by atoms with van der Waals surface area (Å²) < 4.78 is 15.7. The zero-order valence-corrected chi connectivity index (χ0v) is 17.4. The highest BCUT2D eigenvalue weighted by Crippen LogP contribution is 2.27. The smallest absolute Gasteiger partial charge is 0.251 e. The molecule has 1 heterocycles. The van der Waals surface area contributed by atoms with Crippen LogP contribution in [0.15, 0.2) is 47.0 Å². The summed E-state index contributed by atoms with van der Waals surface area (Å²) in [4.78, 5) is 17.2. The molecule has 7 nitrogen and oxygen atoms in total. The van der Waals surface area contributed by atoms with Gasteiger partial charge in [-0.15, -0.1) is 0 Å². The Labute approximate surface area is 174 Å². The molecule has 0 fully saturated rings. The number of carbonyl (C=O) groups excluding carboxylic acids is 1. The molecular formula is C21H22ClN3O4. The Balaban J connectivity index is 1.80. The van der Waals surface area contributed by atoms with Crippen LogP contribution in [0.4, 0.5) is 0 Å². The van der Waals surface area contributed by atoms with Crippen LogP contribution in [0.3, 0.4) is 0 Å². The third-order valence-corrected chi connectivity index (χ3v) is 4.72. The van der Waals surface area contributed by atoms with Gasteiger partial charge in [0.1, 0.15) is 17.5 Å². The summed E-state index contributed by atoms with van der Waals surface area (Å²) in [6.07, 6.45) is 0. The molecule has 0 saturated heterocycles. The van der Waals surface area contributed by atoms with Crippen LogP contribution in [0.25, 0.3) is 11.4 Å². The van der Waals surface area contributed by atoms with Gasteiger partial charge in [0.15, 0.2) is 0 Å². The Kier molecular flexibility index (Phi) is 6.39. The van der Waals surface area contributed by atoms with Crippen molar-refractivity contribution < 1.29 is 18.8 Å². The second-order valence-electron chi connectivity index (χ2n) is 6.73. The highest BCUT2D eigenvalue weighted by atomic mass is 35.5. The second kappa shape index (κ2) is 8.96. The van der Waals surface area contributed by atoms with Gasteiger partial charge >= 0.3 is 0 Å². The van der Waals surface area contributed by atoms with Gasteiger partial charge in [-0.05, 0) is 48.4 Å². The minimum absolute atomic E-state index is 0.0248. The van der Waals surface area contributed by atoms with Crippen LogP contribution in [0.5, 0.6) is 11.5 Å². The van der Waals surface area contributed by atoms with Crippen LogP contribution < -0.4 is 14.8 Å². The van der Waals surface area contributed by atoms with Crippen LogP contribution in [0, 0.1) is 5.92 Å². The normalized spacial score (nSPS) is 11.9. The van der Waals surface area contributed by atoms with E-state index in [4.69, 9.17) is 25.6 Å². The lowest BCUT2D eigenvalue weighted by atomic mass is 10.0. The van der Waals surface area contributed by atoms with Gasteiger partial charge in [0.05, 0.1) is 19.2 Å². The number of aromatic nitrogens is 2. The number of hydrogen-bond donors (Lipinski definition) is 1. The fourth-order valence-electron chi connectivity index (χ4n) is 2.76. The molecule has 29 heavy (non-hydrogen) atoms. The van der Waals surface area contributed by atoms with Crippen molar-refractivity contribution in [3.05, 3.63) is 58.9 Å². The molecule has 1 atom stereocenters. The van der Waals surface area contributed by atoms with Crippen molar-refractivity contribution in [3.8, 4) is 22.9 Å². The van der Waals surface area contributed by atoms with E-state index >= 15 is 0 Å². The number of benzene rings is 2. The van der Waals surface area contributed by atoms with Gasteiger partial charge in [-0.2, -0.15) is 4.98 Å². The van der Waals surface area contributed by atoms with E-state index in [1.807, 2.05) is 38.1 Å². The van der Waals surface area contributed by atoms with Gasteiger partial charge < -0.3 is 19.3 Å². The van der Waals surface area contributed by atoms with Crippen molar-refractivity contribution in [1.82, 2.24) is 15.5 Å². The van der Waals surface area contributed by atoms with E-state index < -0.39 is 6.04 Å². The molecular weight excluding hydrogens is 394 g/mol. The minimum atomic E-state index is -0.456. The summed E-state index contributed by atoms with van der Waals surface area (Å²) in [6, 6.07) is 11.7. The van der Waals surface area contributed by atoms with E-state index in [-0.39, 0.29) is 11.8 Å². The largest absolute Gasteiger partial charge is 0.497 e. The first-order chi connectivity index (χ1) is 13.9. The predicted octanol–water partition coefficient (Wildman–Crippen LogP) is 4.53. The molecule has 0 bridgehead atoms. The maximum absolute atomic E-state index is 12.7. The number of carbonyl (C=O) groups is 1. The van der Waals surface area contributed by atoms with E-state index in [0.29, 0.717) is 28.1 Å². The Morgan fingerprint density at radius 1 is 1.10 bits per heavy atom. The molecule has 2 aromatic carbocycles. The number of amides is 1. The minimum Gasteiger partial charge on any atom is -0.497 e. The third-order valence-electron chi connectivity index (χ3n) is 4.42. The zero-order chi connectivity index (χ0) is 21.0. The Morgan fingerprint density at radius 3 is 2.41 bits per heavy atom. The van der Waals surface area contributed by atoms with Gasteiger partial charge in [-0.25, -0.2) is 0 Å². The molecule has 0 spiro atoms. The van der Waals surface area contributed by atoms with Crippen molar-refractivity contribution in [2.75, 3.05) is 14.2 Å². The number of ether oxygens (including phenoxy) is 2. The summed E-state index contributed by atoms with van der Waals surface area (Å²) in [5, 5.41) is 7.35. The number of halogens is 1. The van der Waals surface area contributed by atoms with Crippen LogP contribution in [-0.4, -0.2) is 30.3 Å². The van der Waals surface area contributed by atoms with Gasteiger partial charge in [0.25, 0.3) is 5.91 Å². The van der Waals surface area contributed by atoms with Gasteiger partial charge in [-0.3, -0.25) is 4.79 Å². The third kappa shape index (κ3) is 4.68. The molecule has 0 aliphatic heterocycles. The average molecular weight is 416 g/mol. The topological polar surface area (TPSA) is 86.5 Å². The summed E-state index contributed by atoms with van der Waals surface area (Å²) in [5.41, 5.74) is 1.20. The average Bonchev–Trinajstić information content (AvgIpc) is 3.21. The molecule has 0 radical (unpaired) electrons. The lowest BCUT2D eigenvalue weighted by Gasteiger charge is -2.18. The molecule has 1 unspecified atom stereocenters. The fourth-order valence-corrected chi connectivity index (χ4v) is 3.02. The predicted molar refractivity (Wildman–Crippen MR) is 109 cm³/mol. The maximum atomic E-state index is 12.7. The molecule has 8 heteroatoms. The quantitative estimate of drug-likeness (QED) is 0.609. The number of nitrogens with zero attached hydrogens (tertiary/aromatic N) is 2. The lowest BCUT2D eigenvalue weighted by molar-refractivity contribution is 0.0914. The van der Waals surface area contributed by atoms with Crippen molar-refractivity contribution in [3.63, 3.8) is 0 Å². The summed E-state index contributed by atoms with van der Waals surface area (Å²) in [5.74, 6) is 1.75.